The van der Waals surface area contributed by atoms with E-state index in [0.717, 1.165) is 17.0 Å². The number of ether oxygens (including phenoxy) is 1. The standard InChI is InChI=1S/C14H15IN2O/c1-9-5-3-6-10(12(9)15)13(16)14-11(18-2)7-4-8-17-14/h3-8,13H,16H2,1-2H3. The summed E-state index contributed by atoms with van der Waals surface area (Å²) in [4.78, 5) is 4.34. The number of benzene rings is 1. The first-order chi connectivity index (χ1) is 8.65. The van der Waals surface area contributed by atoms with E-state index in [1.54, 1.807) is 13.3 Å². The number of nitrogens with two attached hydrogens (primary N) is 1. The number of aromatic nitrogens is 1. The van der Waals surface area contributed by atoms with Crippen molar-refractivity contribution in [2.24, 2.45) is 5.73 Å². The Morgan fingerprint density at radius 3 is 2.78 bits per heavy atom. The summed E-state index contributed by atoms with van der Waals surface area (Å²) in [5.41, 5.74) is 9.38. The molecule has 1 aromatic heterocycles. The van der Waals surface area contributed by atoms with Crippen molar-refractivity contribution in [1.29, 1.82) is 0 Å². The number of aryl methyl sites for hydroxylation is 1. The molecular weight excluding hydrogens is 339 g/mol. The lowest BCUT2D eigenvalue weighted by Crippen LogP contribution is -2.16. The topological polar surface area (TPSA) is 48.1 Å². The van der Waals surface area contributed by atoms with Crippen molar-refractivity contribution in [3.8, 4) is 5.75 Å². The van der Waals surface area contributed by atoms with Gasteiger partial charge >= 0.3 is 0 Å². The molecule has 0 bridgehead atoms. The van der Waals surface area contributed by atoms with Crippen LogP contribution < -0.4 is 10.5 Å². The van der Waals surface area contributed by atoms with Crippen molar-refractivity contribution >= 4 is 22.6 Å². The predicted octanol–water partition coefficient (Wildman–Crippen LogP) is 3.05. The second-order valence-corrected chi connectivity index (χ2v) is 5.13. The quantitative estimate of drug-likeness (QED) is 0.862. The van der Waals surface area contributed by atoms with Crippen molar-refractivity contribution < 1.29 is 4.74 Å². The Kier molecular flexibility index (Phi) is 4.19. The van der Waals surface area contributed by atoms with Crippen LogP contribution >= 0.6 is 22.6 Å². The van der Waals surface area contributed by atoms with Gasteiger partial charge in [-0.2, -0.15) is 0 Å². The molecule has 18 heavy (non-hydrogen) atoms. The Morgan fingerprint density at radius 1 is 1.28 bits per heavy atom. The first kappa shape index (κ1) is 13.3. The van der Waals surface area contributed by atoms with Gasteiger partial charge in [0.2, 0.25) is 0 Å². The van der Waals surface area contributed by atoms with E-state index in [9.17, 15) is 0 Å². The zero-order valence-electron chi connectivity index (χ0n) is 10.4. The van der Waals surface area contributed by atoms with Crippen molar-refractivity contribution in [3.05, 3.63) is 56.9 Å². The maximum absolute atomic E-state index is 6.32. The summed E-state index contributed by atoms with van der Waals surface area (Å²) >= 11 is 2.32. The van der Waals surface area contributed by atoms with Gasteiger partial charge in [-0.05, 0) is 52.8 Å². The van der Waals surface area contributed by atoms with E-state index < -0.39 is 0 Å². The van der Waals surface area contributed by atoms with Gasteiger partial charge in [-0.15, -0.1) is 0 Å². The summed E-state index contributed by atoms with van der Waals surface area (Å²) in [5, 5.41) is 0. The smallest absolute Gasteiger partial charge is 0.142 e. The summed E-state index contributed by atoms with van der Waals surface area (Å²) < 4.78 is 6.49. The van der Waals surface area contributed by atoms with Gasteiger partial charge in [0.15, 0.2) is 0 Å². The van der Waals surface area contributed by atoms with Crippen molar-refractivity contribution in [2.45, 2.75) is 13.0 Å². The van der Waals surface area contributed by atoms with Crippen LogP contribution in [0.4, 0.5) is 0 Å². The van der Waals surface area contributed by atoms with Gasteiger partial charge in [0.25, 0.3) is 0 Å². The Labute approximate surface area is 121 Å². The molecule has 0 aliphatic carbocycles. The first-order valence-corrected chi connectivity index (χ1v) is 6.72. The minimum atomic E-state index is -0.270. The number of pyridine rings is 1. The Bertz CT molecular complexity index is 557. The molecule has 0 spiro atoms. The molecule has 0 radical (unpaired) electrons. The van der Waals surface area contributed by atoms with E-state index in [1.807, 2.05) is 24.3 Å². The molecule has 0 aliphatic rings. The van der Waals surface area contributed by atoms with Gasteiger partial charge in [0.1, 0.15) is 11.4 Å². The minimum Gasteiger partial charge on any atom is -0.495 e. The maximum atomic E-state index is 6.32. The highest BCUT2D eigenvalue weighted by atomic mass is 127. The highest BCUT2D eigenvalue weighted by molar-refractivity contribution is 14.1. The van der Waals surface area contributed by atoms with Crippen LogP contribution in [0.2, 0.25) is 0 Å². The third-order valence-electron chi connectivity index (χ3n) is 2.87. The van der Waals surface area contributed by atoms with Crippen molar-refractivity contribution in [1.82, 2.24) is 4.98 Å². The molecule has 2 rings (SSSR count). The van der Waals surface area contributed by atoms with E-state index in [1.165, 1.54) is 9.13 Å². The molecule has 0 fully saturated rings. The minimum absolute atomic E-state index is 0.270. The molecule has 0 aliphatic heterocycles. The second kappa shape index (κ2) is 5.67. The van der Waals surface area contributed by atoms with Gasteiger partial charge in [-0.3, -0.25) is 4.98 Å². The van der Waals surface area contributed by atoms with E-state index in [-0.39, 0.29) is 6.04 Å². The number of rotatable bonds is 3. The lowest BCUT2D eigenvalue weighted by Gasteiger charge is -2.17. The molecule has 0 amide bonds. The van der Waals surface area contributed by atoms with Crippen LogP contribution in [0, 0.1) is 10.5 Å². The van der Waals surface area contributed by atoms with E-state index in [2.05, 4.69) is 40.6 Å². The largest absolute Gasteiger partial charge is 0.495 e. The number of halogens is 1. The van der Waals surface area contributed by atoms with Gasteiger partial charge < -0.3 is 10.5 Å². The van der Waals surface area contributed by atoms with Gasteiger partial charge in [-0.25, -0.2) is 0 Å². The summed E-state index contributed by atoms with van der Waals surface area (Å²) in [7, 11) is 1.63. The molecule has 2 N–H and O–H groups in total. The van der Waals surface area contributed by atoms with E-state index >= 15 is 0 Å². The van der Waals surface area contributed by atoms with Gasteiger partial charge in [0.05, 0.1) is 13.2 Å². The lowest BCUT2D eigenvalue weighted by atomic mass is 10.0. The van der Waals surface area contributed by atoms with Crippen molar-refractivity contribution in [3.63, 3.8) is 0 Å². The Morgan fingerprint density at radius 2 is 2.06 bits per heavy atom. The van der Waals surface area contributed by atoms with Crippen LogP contribution in [0.1, 0.15) is 22.9 Å². The zero-order chi connectivity index (χ0) is 13.1. The highest BCUT2D eigenvalue weighted by Crippen LogP contribution is 2.29. The lowest BCUT2D eigenvalue weighted by molar-refractivity contribution is 0.404. The molecule has 1 unspecified atom stereocenters. The van der Waals surface area contributed by atoms with Crippen LogP contribution in [-0.2, 0) is 0 Å². The maximum Gasteiger partial charge on any atom is 0.142 e. The zero-order valence-corrected chi connectivity index (χ0v) is 12.5. The summed E-state index contributed by atoms with van der Waals surface area (Å²) in [6.45, 7) is 2.08. The third kappa shape index (κ3) is 2.49. The number of nitrogens with zero attached hydrogens (tertiary/aromatic N) is 1. The molecule has 0 saturated carbocycles. The summed E-state index contributed by atoms with van der Waals surface area (Å²) in [5.74, 6) is 0.724. The Hall–Kier alpha value is -1.14. The first-order valence-electron chi connectivity index (χ1n) is 5.64. The molecule has 1 aromatic carbocycles. The summed E-state index contributed by atoms with van der Waals surface area (Å²) in [6, 6.07) is 9.58. The number of hydrogen-bond acceptors (Lipinski definition) is 3. The van der Waals surface area contributed by atoms with Crippen LogP contribution in [0.15, 0.2) is 36.5 Å². The SMILES string of the molecule is COc1cccnc1C(N)c1cccc(C)c1I. The highest BCUT2D eigenvalue weighted by Gasteiger charge is 2.18. The molecule has 1 heterocycles. The number of hydrogen-bond donors (Lipinski definition) is 1. The molecular formula is C14H15IN2O. The fourth-order valence-electron chi connectivity index (χ4n) is 1.87. The average molecular weight is 354 g/mol. The van der Waals surface area contributed by atoms with Gasteiger partial charge in [0, 0.05) is 9.77 Å². The molecule has 4 heteroatoms. The van der Waals surface area contributed by atoms with Crippen LogP contribution in [0.5, 0.6) is 5.75 Å². The fraction of sp³-hybridized carbons (Fsp3) is 0.214. The van der Waals surface area contributed by atoms with Crippen molar-refractivity contribution in [2.75, 3.05) is 7.11 Å². The van der Waals surface area contributed by atoms with Crippen LogP contribution in [0.3, 0.4) is 0 Å². The van der Waals surface area contributed by atoms with E-state index in [0.29, 0.717) is 0 Å². The van der Waals surface area contributed by atoms with E-state index in [4.69, 9.17) is 10.5 Å². The molecule has 3 nitrogen and oxygen atoms in total. The summed E-state index contributed by atoms with van der Waals surface area (Å²) in [6.07, 6.45) is 1.74. The fourth-order valence-corrected chi connectivity index (χ4v) is 2.56. The Balaban J connectivity index is 2.48. The average Bonchev–Trinajstić information content (AvgIpc) is 2.41. The molecule has 94 valence electrons. The normalized spacial score (nSPS) is 12.2. The molecule has 1 atom stereocenters. The van der Waals surface area contributed by atoms with Crippen LogP contribution in [0.25, 0.3) is 0 Å². The van der Waals surface area contributed by atoms with Crippen LogP contribution in [-0.4, -0.2) is 12.1 Å². The predicted molar refractivity (Wildman–Crippen MR) is 80.7 cm³/mol. The number of methoxy groups -OCH3 is 1. The van der Waals surface area contributed by atoms with Gasteiger partial charge in [-0.1, -0.05) is 18.2 Å². The third-order valence-corrected chi connectivity index (χ3v) is 4.34. The second-order valence-electron chi connectivity index (χ2n) is 4.05. The monoisotopic (exact) mass is 354 g/mol. The molecule has 2 aromatic rings. The molecule has 0 saturated heterocycles.